The normalized spacial score (nSPS) is 19.2. The van der Waals surface area contributed by atoms with Crippen LogP contribution in [0.5, 0.6) is 0 Å². The fourth-order valence-corrected chi connectivity index (χ4v) is 6.16. The summed E-state index contributed by atoms with van der Waals surface area (Å²) in [6.45, 7) is 10.5. The second-order valence-corrected chi connectivity index (χ2v) is 11.5. The summed E-state index contributed by atoms with van der Waals surface area (Å²) in [7, 11) is -3.76. The molecule has 1 saturated heterocycles. The maximum atomic E-state index is 13.7. The number of H-pyrrole nitrogens is 1. The minimum absolute atomic E-state index is 0.0464. The molecule has 7 nitrogen and oxygen atoms in total. The van der Waals surface area contributed by atoms with Crippen LogP contribution in [0.3, 0.4) is 0 Å². The van der Waals surface area contributed by atoms with Gasteiger partial charge in [0.2, 0.25) is 0 Å². The molecule has 0 saturated carbocycles. The number of fused-ring (bicyclic) bond motifs is 1. The van der Waals surface area contributed by atoms with E-state index in [9.17, 15) is 8.42 Å². The molecule has 4 rings (SSSR count). The van der Waals surface area contributed by atoms with Gasteiger partial charge in [0.05, 0.1) is 27.9 Å². The average molecular weight is 495 g/mol. The van der Waals surface area contributed by atoms with Gasteiger partial charge in [0.25, 0.3) is 10.0 Å². The Morgan fingerprint density at radius 2 is 1.97 bits per heavy atom. The topological polar surface area (TPSA) is 78.5 Å². The zero-order valence-corrected chi connectivity index (χ0v) is 21.7. The van der Waals surface area contributed by atoms with Crippen molar-refractivity contribution in [1.82, 2.24) is 15.1 Å². The molecule has 2 heterocycles. The third kappa shape index (κ3) is 5.53. The first kappa shape index (κ1) is 25.2. The van der Waals surface area contributed by atoms with Gasteiger partial charge in [-0.2, -0.15) is 5.10 Å². The van der Waals surface area contributed by atoms with Gasteiger partial charge in [-0.15, -0.1) is 6.42 Å². The number of hydrogen-bond donors (Lipinski definition) is 1. The van der Waals surface area contributed by atoms with Crippen molar-refractivity contribution in [2.75, 3.05) is 23.9 Å². The zero-order valence-electron chi connectivity index (χ0n) is 20.9. The fourth-order valence-electron chi connectivity index (χ4n) is 4.51. The fraction of sp³-hybridized carbons (Fsp3) is 0.444. The van der Waals surface area contributed by atoms with Gasteiger partial charge in [0, 0.05) is 31.6 Å². The summed E-state index contributed by atoms with van der Waals surface area (Å²) in [5.74, 6) is 2.85. The minimum atomic E-state index is -3.76. The smallest absolute Gasteiger partial charge is 0.264 e. The molecule has 0 aliphatic carbocycles. The standard InChI is InChI=1S/C27H34N4O3S/c1-6-21-8-10-22(11-9-21)31(15-19(3)4)35(32,33)24-12-13-25-26(14-24)28-29-27(25)18-30-16-20(5)34-23(7-2)17-30/h2,8-14,19-20,23H,6,15-18H2,1,3-5H3,(H,28,29)/t20-,23+/m1/s1. The zero-order chi connectivity index (χ0) is 25.2. The molecule has 1 aliphatic heterocycles. The third-order valence-electron chi connectivity index (χ3n) is 6.26. The van der Waals surface area contributed by atoms with Crippen LogP contribution in [0.25, 0.3) is 10.9 Å². The first-order valence-corrected chi connectivity index (χ1v) is 13.6. The van der Waals surface area contributed by atoms with Crippen LogP contribution in [0.2, 0.25) is 0 Å². The monoisotopic (exact) mass is 494 g/mol. The van der Waals surface area contributed by atoms with Crippen LogP contribution in [0.1, 0.15) is 39.0 Å². The number of morpholine rings is 1. The van der Waals surface area contributed by atoms with Crippen LogP contribution >= 0.6 is 0 Å². The highest BCUT2D eigenvalue weighted by atomic mass is 32.2. The Morgan fingerprint density at radius 1 is 1.23 bits per heavy atom. The van der Waals surface area contributed by atoms with Gasteiger partial charge in [0.15, 0.2) is 0 Å². The lowest BCUT2D eigenvalue weighted by Gasteiger charge is -2.34. The largest absolute Gasteiger partial charge is 0.360 e. The van der Waals surface area contributed by atoms with E-state index in [0.29, 0.717) is 30.8 Å². The van der Waals surface area contributed by atoms with Crippen molar-refractivity contribution < 1.29 is 13.2 Å². The predicted molar refractivity (Wildman–Crippen MR) is 140 cm³/mol. The SMILES string of the molecule is C#C[C@H]1CN(Cc2n[nH]c3cc(S(=O)(=O)N(CC(C)C)c4ccc(CC)cc4)ccc23)C[C@@H](C)O1. The Labute approximate surface area is 208 Å². The maximum absolute atomic E-state index is 13.7. The van der Waals surface area contributed by atoms with E-state index in [-0.39, 0.29) is 23.0 Å². The number of nitrogens with zero attached hydrogens (tertiary/aromatic N) is 3. The van der Waals surface area contributed by atoms with Crippen molar-refractivity contribution in [3.8, 4) is 12.3 Å². The number of aryl methyl sites for hydroxylation is 1. The maximum Gasteiger partial charge on any atom is 0.264 e. The first-order chi connectivity index (χ1) is 16.7. The van der Waals surface area contributed by atoms with Gasteiger partial charge in [0.1, 0.15) is 6.10 Å². The summed E-state index contributed by atoms with van der Waals surface area (Å²) in [4.78, 5) is 2.47. The van der Waals surface area contributed by atoms with Gasteiger partial charge in [-0.25, -0.2) is 8.42 Å². The van der Waals surface area contributed by atoms with Crippen LogP contribution in [0, 0.1) is 18.3 Å². The van der Waals surface area contributed by atoms with E-state index in [1.54, 1.807) is 12.1 Å². The lowest BCUT2D eigenvalue weighted by atomic mass is 10.1. The second kappa shape index (κ2) is 10.4. The van der Waals surface area contributed by atoms with Crippen molar-refractivity contribution in [3.05, 3.63) is 53.7 Å². The van der Waals surface area contributed by atoms with Gasteiger partial charge in [-0.3, -0.25) is 14.3 Å². The van der Waals surface area contributed by atoms with Crippen LogP contribution in [-0.4, -0.2) is 55.4 Å². The molecule has 8 heteroatoms. The van der Waals surface area contributed by atoms with E-state index < -0.39 is 10.0 Å². The molecular weight excluding hydrogens is 460 g/mol. The summed E-state index contributed by atoms with van der Waals surface area (Å²) in [6.07, 6.45) is 6.29. The highest BCUT2D eigenvalue weighted by Crippen LogP contribution is 2.28. The Kier molecular flexibility index (Phi) is 7.50. The van der Waals surface area contributed by atoms with Crippen molar-refractivity contribution in [2.45, 2.75) is 57.8 Å². The molecule has 0 bridgehead atoms. The summed E-state index contributed by atoms with van der Waals surface area (Å²) in [5.41, 5.74) is 3.40. The molecule has 1 aromatic heterocycles. The number of aromatic amines is 1. The number of terminal acetylenes is 1. The van der Waals surface area contributed by atoms with E-state index in [0.717, 1.165) is 24.0 Å². The lowest BCUT2D eigenvalue weighted by Crippen LogP contribution is -2.45. The molecule has 186 valence electrons. The van der Waals surface area contributed by atoms with E-state index in [1.807, 2.05) is 51.1 Å². The molecule has 0 unspecified atom stereocenters. The molecule has 35 heavy (non-hydrogen) atoms. The number of anilines is 1. The number of ether oxygens (including phenoxy) is 1. The highest BCUT2D eigenvalue weighted by molar-refractivity contribution is 7.92. The summed E-state index contributed by atoms with van der Waals surface area (Å²) in [5, 5.41) is 8.43. The number of sulfonamides is 1. The van der Waals surface area contributed by atoms with E-state index in [4.69, 9.17) is 11.2 Å². The van der Waals surface area contributed by atoms with Gasteiger partial charge < -0.3 is 4.74 Å². The summed E-state index contributed by atoms with van der Waals surface area (Å²) >= 11 is 0. The molecule has 1 N–H and O–H groups in total. The first-order valence-electron chi connectivity index (χ1n) is 12.1. The Morgan fingerprint density at radius 3 is 2.63 bits per heavy atom. The van der Waals surface area contributed by atoms with Crippen molar-refractivity contribution >= 4 is 26.6 Å². The van der Waals surface area contributed by atoms with Crippen molar-refractivity contribution in [2.24, 2.45) is 5.92 Å². The van der Waals surface area contributed by atoms with Gasteiger partial charge in [-0.1, -0.05) is 38.8 Å². The summed E-state index contributed by atoms with van der Waals surface area (Å²) in [6, 6.07) is 12.9. The Hall–Kier alpha value is -2.86. The molecular formula is C27H34N4O3S. The molecule has 0 radical (unpaired) electrons. The van der Waals surface area contributed by atoms with Crippen LogP contribution in [0.15, 0.2) is 47.4 Å². The van der Waals surface area contributed by atoms with Crippen LogP contribution < -0.4 is 4.31 Å². The summed E-state index contributed by atoms with van der Waals surface area (Å²) < 4.78 is 34.7. The van der Waals surface area contributed by atoms with Crippen molar-refractivity contribution in [1.29, 1.82) is 0 Å². The molecule has 2 aromatic carbocycles. The Balaban J connectivity index is 1.62. The number of nitrogens with one attached hydrogen (secondary N) is 1. The van der Waals surface area contributed by atoms with E-state index in [2.05, 4.69) is 27.9 Å². The van der Waals surface area contributed by atoms with E-state index in [1.165, 1.54) is 9.87 Å². The van der Waals surface area contributed by atoms with E-state index >= 15 is 0 Å². The average Bonchev–Trinajstić information content (AvgIpc) is 3.24. The third-order valence-corrected chi connectivity index (χ3v) is 8.05. The number of benzene rings is 2. The molecule has 3 aromatic rings. The van der Waals surface area contributed by atoms with Gasteiger partial charge in [-0.05, 0) is 55.2 Å². The number of rotatable bonds is 8. The lowest BCUT2D eigenvalue weighted by molar-refractivity contribution is -0.0535. The molecule has 2 atom stereocenters. The van der Waals surface area contributed by atoms with Crippen LogP contribution in [0.4, 0.5) is 5.69 Å². The number of hydrogen-bond acceptors (Lipinski definition) is 5. The number of aromatic nitrogens is 2. The molecule has 0 spiro atoms. The minimum Gasteiger partial charge on any atom is -0.360 e. The Bertz CT molecular complexity index is 1310. The second-order valence-electron chi connectivity index (χ2n) is 9.62. The molecule has 0 amide bonds. The molecule has 1 aliphatic rings. The van der Waals surface area contributed by atoms with Crippen LogP contribution in [-0.2, 0) is 27.7 Å². The highest BCUT2D eigenvalue weighted by Gasteiger charge is 2.28. The quantitative estimate of drug-likeness (QED) is 0.475. The predicted octanol–water partition coefficient (Wildman–Crippen LogP) is 4.20. The van der Waals surface area contributed by atoms with Gasteiger partial charge >= 0.3 is 0 Å². The van der Waals surface area contributed by atoms with Crippen molar-refractivity contribution in [3.63, 3.8) is 0 Å². The molecule has 1 fully saturated rings.